The molecule has 0 amide bonds. The average Bonchev–Trinajstić information content (AvgIpc) is 2.23. The number of ether oxygens (including phenoxy) is 1. The van der Waals surface area contributed by atoms with Gasteiger partial charge in [-0.2, -0.15) is 0 Å². The third-order valence-electron chi connectivity index (χ3n) is 1.96. The van der Waals surface area contributed by atoms with Crippen molar-refractivity contribution in [3.05, 3.63) is 12.7 Å². The highest BCUT2D eigenvalue weighted by Gasteiger charge is 2.42. The molecule has 0 aliphatic carbocycles. The Bertz CT molecular complexity index is 261. The highest BCUT2D eigenvalue weighted by Crippen LogP contribution is 2.18. The Balaban J connectivity index is 4.84. The Hall–Kier alpha value is -1.40. The highest BCUT2D eigenvalue weighted by molar-refractivity contribution is 5.86. The summed E-state index contributed by atoms with van der Waals surface area (Å²) >= 11 is 0. The van der Waals surface area contributed by atoms with Crippen LogP contribution in [0.3, 0.4) is 0 Å². The van der Waals surface area contributed by atoms with E-state index in [2.05, 4.69) is 11.3 Å². The first kappa shape index (κ1) is 13.6. The number of carboxylic acid groups (broad SMARTS) is 1. The van der Waals surface area contributed by atoms with Crippen LogP contribution in [0.15, 0.2) is 12.7 Å². The summed E-state index contributed by atoms with van der Waals surface area (Å²) in [6, 6.07) is 0. The first-order valence-corrected chi connectivity index (χ1v) is 4.20. The van der Waals surface area contributed by atoms with Crippen molar-refractivity contribution in [2.75, 3.05) is 7.11 Å². The molecule has 0 aromatic heterocycles. The van der Waals surface area contributed by atoms with Crippen molar-refractivity contribution >= 4 is 11.9 Å². The van der Waals surface area contributed by atoms with E-state index in [4.69, 9.17) is 0 Å². The zero-order valence-electron chi connectivity index (χ0n) is 8.30. The van der Waals surface area contributed by atoms with Gasteiger partial charge in [0.2, 0.25) is 0 Å². The normalized spacial score (nSPS) is 16.2. The Morgan fingerprint density at radius 2 is 2.20 bits per heavy atom. The molecule has 2 unspecified atom stereocenters. The van der Waals surface area contributed by atoms with Crippen molar-refractivity contribution in [3.63, 3.8) is 0 Å². The monoisotopic (exact) mass is 217 g/mol. The molecule has 0 radical (unpaired) electrons. The zero-order valence-corrected chi connectivity index (χ0v) is 8.30. The fourth-order valence-electron chi connectivity index (χ4n) is 0.979. The fourth-order valence-corrected chi connectivity index (χ4v) is 0.979. The zero-order chi connectivity index (χ0) is 12.1. The summed E-state index contributed by atoms with van der Waals surface area (Å²) < 4.78 is 4.12. The van der Waals surface area contributed by atoms with Gasteiger partial charge in [-0.05, 0) is 12.8 Å². The van der Waals surface area contributed by atoms with Crippen LogP contribution in [-0.2, 0) is 14.3 Å². The number of carbonyl (C=O) groups is 2. The van der Waals surface area contributed by atoms with Gasteiger partial charge in [0, 0.05) is 0 Å². The molecule has 2 atom stereocenters. The van der Waals surface area contributed by atoms with Crippen molar-refractivity contribution in [1.82, 2.24) is 0 Å². The lowest BCUT2D eigenvalue weighted by atomic mass is 9.91. The van der Waals surface area contributed by atoms with Gasteiger partial charge in [-0.1, -0.05) is 6.08 Å². The van der Waals surface area contributed by atoms with E-state index in [9.17, 15) is 24.9 Å². The molecule has 0 saturated carbocycles. The molecule has 0 saturated heterocycles. The average molecular weight is 217 g/mol. The van der Waals surface area contributed by atoms with Crippen molar-refractivity contribution < 1.29 is 29.6 Å². The standard InChI is InChI=1S/C9H14O6/c1-3-4-5-9(14,8(12)13)6(10)7(11)15-2/h3,6,10,14H,1,4-5H2,2H3,(H,12,13)/p-1. The second kappa shape index (κ2) is 5.47. The molecule has 0 aliphatic heterocycles. The Morgan fingerprint density at radius 1 is 1.67 bits per heavy atom. The molecule has 0 bridgehead atoms. The number of hydrogen-bond acceptors (Lipinski definition) is 6. The first-order chi connectivity index (χ1) is 6.90. The predicted molar refractivity (Wildman–Crippen MR) is 47.4 cm³/mol. The van der Waals surface area contributed by atoms with Crippen LogP contribution in [0.5, 0.6) is 0 Å². The van der Waals surface area contributed by atoms with Crippen LogP contribution < -0.4 is 5.11 Å². The molecule has 0 aromatic rings. The van der Waals surface area contributed by atoms with E-state index in [1.807, 2.05) is 0 Å². The van der Waals surface area contributed by atoms with Crippen molar-refractivity contribution in [2.45, 2.75) is 24.5 Å². The molecule has 0 spiro atoms. The van der Waals surface area contributed by atoms with Crippen LogP contribution in [0.4, 0.5) is 0 Å². The second-order valence-corrected chi connectivity index (χ2v) is 2.96. The van der Waals surface area contributed by atoms with E-state index >= 15 is 0 Å². The number of esters is 1. The molecule has 6 heteroatoms. The number of aliphatic carboxylic acids is 1. The number of aliphatic hydroxyl groups is 2. The van der Waals surface area contributed by atoms with Gasteiger partial charge in [-0.3, -0.25) is 0 Å². The maximum Gasteiger partial charge on any atom is 0.338 e. The Morgan fingerprint density at radius 3 is 2.53 bits per heavy atom. The molecule has 0 rings (SSSR count). The first-order valence-electron chi connectivity index (χ1n) is 4.20. The molecule has 0 aromatic carbocycles. The van der Waals surface area contributed by atoms with Crippen LogP contribution in [0.2, 0.25) is 0 Å². The Kier molecular flexibility index (Phi) is 4.96. The van der Waals surface area contributed by atoms with Crippen LogP contribution in [0.25, 0.3) is 0 Å². The van der Waals surface area contributed by atoms with Crippen molar-refractivity contribution in [2.24, 2.45) is 0 Å². The van der Waals surface area contributed by atoms with E-state index in [0.29, 0.717) is 0 Å². The van der Waals surface area contributed by atoms with Crippen LogP contribution in [0, 0.1) is 0 Å². The summed E-state index contributed by atoms with van der Waals surface area (Å²) in [6.45, 7) is 3.33. The van der Waals surface area contributed by atoms with Gasteiger partial charge in [0.15, 0.2) is 6.10 Å². The van der Waals surface area contributed by atoms with Crippen LogP contribution in [-0.4, -0.2) is 41.0 Å². The van der Waals surface area contributed by atoms with Gasteiger partial charge in [0.25, 0.3) is 0 Å². The van der Waals surface area contributed by atoms with Crippen LogP contribution >= 0.6 is 0 Å². The topological polar surface area (TPSA) is 107 Å². The lowest BCUT2D eigenvalue weighted by Crippen LogP contribution is -2.59. The summed E-state index contributed by atoms with van der Waals surface area (Å²) in [5.41, 5.74) is -2.65. The molecule has 0 aliphatic rings. The smallest absolute Gasteiger partial charge is 0.338 e. The molecule has 0 heterocycles. The lowest BCUT2D eigenvalue weighted by molar-refractivity contribution is -0.330. The maximum atomic E-state index is 10.9. The Labute approximate surface area is 86.8 Å². The summed E-state index contributed by atoms with van der Waals surface area (Å²) in [5.74, 6) is -3.16. The van der Waals surface area contributed by atoms with E-state index in [0.717, 1.165) is 7.11 Å². The van der Waals surface area contributed by atoms with Gasteiger partial charge in [0.05, 0.1) is 13.1 Å². The molecule has 0 fully saturated rings. The number of hydrogen-bond donors (Lipinski definition) is 2. The molecule has 86 valence electrons. The predicted octanol–water partition coefficient (Wildman–Crippen LogP) is -2.03. The molecule has 2 N–H and O–H groups in total. The summed E-state index contributed by atoms with van der Waals surface area (Å²) in [5, 5.41) is 29.4. The number of aliphatic hydroxyl groups excluding tert-OH is 1. The van der Waals surface area contributed by atoms with E-state index in [1.54, 1.807) is 0 Å². The van der Waals surface area contributed by atoms with E-state index < -0.39 is 23.6 Å². The quantitative estimate of drug-likeness (QED) is 0.392. The molecular formula is C9H13O6-. The number of carbonyl (C=O) groups excluding carboxylic acids is 2. The number of allylic oxidation sites excluding steroid dienone is 1. The minimum atomic E-state index is -2.65. The maximum absolute atomic E-state index is 10.9. The van der Waals surface area contributed by atoms with Gasteiger partial charge in [0.1, 0.15) is 5.60 Å². The van der Waals surface area contributed by atoms with Crippen molar-refractivity contribution in [3.8, 4) is 0 Å². The van der Waals surface area contributed by atoms with E-state index in [-0.39, 0.29) is 12.8 Å². The molecule has 6 nitrogen and oxygen atoms in total. The van der Waals surface area contributed by atoms with Crippen molar-refractivity contribution in [1.29, 1.82) is 0 Å². The summed E-state index contributed by atoms with van der Waals surface area (Å²) in [4.78, 5) is 21.5. The SMILES string of the molecule is C=CCCC(O)(C(=O)[O-])C(O)C(=O)OC. The third-order valence-corrected chi connectivity index (χ3v) is 1.96. The number of carboxylic acids is 1. The van der Waals surface area contributed by atoms with Gasteiger partial charge in [-0.25, -0.2) is 4.79 Å². The van der Waals surface area contributed by atoms with Crippen LogP contribution in [0.1, 0.15) is 12.8 Å². The second-order valence-electron chi connectivity index (χ2n) is 2.96. The van der Waals surface area contributed by atoms with Gasteiger partial charge >= 0.3 is 5.97 Å². The highest BCUT2D eigenvalue weighted by atomic mass is 16.5. The number of rotatable bonds is 6. The van der Waals surface area contributed by atoms with E-state index in [1.165, 1.54) is 6.08 Å². The summed E-state index contributed by atoms with van der Waals surface area (Å²) in [7, 11) is 0.967. The van der Waals surface area contributed by atoms with Gasteiger partial charge in [-0.15, -0.1) is 6.58 Å². The number of methoxy groups -OCH3 is 1. The molecule has 15 heavy (non-hydrogen) atoms. The molecular weight excluding hydrogens is 204 g/mol. The minimum Gasteiger partial charge on any atom is -0.547 e. The fraction of sp³-hybridized carbons (Fsp3) is 0.556. The van der Waals surface area contributed by atoms with Gasteiger partial charge < -0.3 is 24.9 Å². The third kappa shape index (κ3) is 3.03. The lowest BCUT2D eigenvalue weighted by Gasteiger charge is -2.31. The minimum absolute atomic E-state index is 0.110. The summed E-state index contributed by atoms with van der Waals surface area (Å²) in [6.07, 6.45) is -1.10. The largest absolute Gasteiger partial charge is 0.547 e.